The second kappa shape index (κ2) is 11.9. The van der Waals surface area contributed by atoms with E-state index in [-0.39, 0.29) is 0 Å². The third-order valence-corrected chi connectivity index (χ3v) is 0.525. The molecule has 0 fully saturated rings. The van der Waals surface area contributed by atoms with Gasteiger partial charge in [0.15, 0.2) is 0 Å². The first-order valence-corrected chi connectivity index (χ1v) is 3.03. The molecule has 0 aromatic heterocycles. The molecule has 0 radical (unpaired) electrons. The van der Waals surface area contributed by atoms with E-state index in [0.717, 1.165) is 0 Å². The number of halogens is 1. The summed E-state index contributed by atoms with van der Waals surface area (Å²) in [7, 11) is 0. The van der Waals surface area contributed by atoms with E-state index in [4.69, 9.17) is 0 Å². The molecule has 15 nitrogen and oxygen atoms in total. The highest BCUT2D eigenvalue weighted by Crippen LogP contribution is 1.87. The fraction of sp³-hybridized carbons (Fsp3) is 0. The van der Waals surface area contributed by atoms with E-state index < -0.39 is 0 Å². The van der Waals surface area contributed by atoms with Gasteiger partial charge in [0, 0.05) is 36.7 Å². The van der Waals surface area contributed by atoms with Gasteiger partial charge in [0.1, 0.15) is 0 Å². The Morgan fingerprint density at radius 3 is 1.12 bits per heavy atom. The van der Waals surface area contributed by atoms with Crippen molar-refractivity contribution in [3.8, 4) is 0 Å². The molecule has 0 aromatic carbocycles. The van der Waals surface area contributed by atoms with Crippen LogP contribution in [0.15, 0.2) is 73.2 Å². The maximum Gasteiger partial charge on any atom is 0.0435 e. The van der Waals surface area contributed by atoms with Crippen molar-refractivity contribution in [2.45, 2.75) is 0 Å². The Hall–Kier alpha value is -3.07. The number of hydrogen-bond donors (Lipinski definition) is 1. The molecule has 0 aliphatic heterocycles. The van der Waals surface area contributed by atoms with Crippen molar-refractivity contribution in [3.63, 3.8) is 0 Å². The van der Waals surface area contributed by atoms with Gasteiger partial charge in [-0.3, -0.25) is 0 Å². The molecule has 0 aliphatic rings. The van der Waals surface area contributed by atoms with Gasteiger partial charge in [-0.05, 0) is 31.3 Å². The molecule has 16 heavy (non-hydrogen) atoms. The standard InChI is InChI=1S/FH2N15/c1-3-5-7-9-11-13-15-16-14-12-10-8-6-4-2/h(H2,2,3,6,7,10,11,14,15). The SMILES string of the molecule is N/N=N/N=N/N=N/N=N/N=N/N=N/N=N/F. The van der Waals surface area contributed by atoms with Crippen LogP contribution >= 0.6 is 0 Å². The van der Waals surface area contributed by atoms with Gasteiger partial charge in [0.05, 0.1) is 0 Å². The molecule has 0 bridgehead atoms. The molecule has 0 aromatic rings. The van der Waals surface area contributed by atoms with Gasteiger partial charge in [-0.1, -0.05) is 9.70 Å². The van der Waals surface area contributed by atoms with Crippen LogP contribution in [0.2, 0.25) is 0 Å². The third kappa shape index (κ3) is 10.9. The summed E-state index contributed by atoms with van der Waals surface area (Å²) in [6.07, 6.45) is 0. The fourth-order valence-corrected chi connectivity index (χ4v) is 0.217. The molecule has 0 unspecified atom stereocenters. The molecular formula is H2FN15. The average molecular weight is 231 g/mol. The van der Waals surface area contributed by atoms with Crippen molar-refractivity contribution >= 4 is 0 Å². The fourth-order valence-electron chi connectivity index (χ4n) is 0.217. The first-order valence-electron chi connectivity index (χ1n) is 3.03. The highest BCUT2D eigenvalue weighted by molar-refractivity contribution is 4.11. The summed E-state index contributed by atoms with van der Waals surface area (Å²) >= 11 is 0. The van der Waals surface area contributed by atoms with E-state index in [1.807, 2.05) is 0 Å². The van der Waals surface area contributed by atoms with E-state index in [0.29, 0.717) is 0 Å². The van der Waals surface area contributed by atoms with Gasteiger partial charge in [-0.15, -0.1) is 0 Å². The minimum Gasteiger partial charge on any atom is -0.303 e. The zero-order valence-corrected chi connectivity index (χ0v) is 7.22. The largest absolute Gasteiger partial charge is 0.303 e. The minimum atomic E-state index is 1.75. The van der Waals surface area contributed by atoms with Gasteiger partial charge in [-0.2, -0.15) is 0 Å². The summed E-state index contributed by atoms with van der Waals surface area (Å²) < 4.78 is 10.9. The Balaban J connectivity index is 3.76. The predicted molar refractivity (Wildman–Crippen MR) is 39.3 cm³/mol. The van der Waals surface area contributed by atoms with Crippen LogP contribution in [0.3, 0.4) is 0 Å². The molecule has 0 aliphatic carbocycles. The maximum absolute atomic E-state index is 10.9. The lowest BCUT2D eigenvalue weighted by molar-refractivity contribution is 0.474. The van der Waals surface area contributed by atoms with Crippen molar-refractivity contribution in [1.82, 2.24) is 0 Å². The Morgan fingerprint density at radius 2 is 0.812 bits per heavy atom. The maximum atomic E-state index is 10.9. The average Bonchev–Trinajstić information content (AvgIpc) is 2.31. The molecular weight excluding hydrogens is 229 g/mol. The summed E-state index contributed by atoms with van der Waals surface area (Å²) in [4.78, 5) is 0. The summed E-state index contributed by atoms with van der Waals surface area (Å²) in [5.74, 6) is 4.56. The number of nitrogens with zero attached hydrogens (tertiary/aromatic N) is 14. The van der Waals surface area contributed by atoms with Crippen LogP contribution in [0.5, 0.6) is 0 Å². The van der Waals surface area contributed by atoms with Crippen molar-refractivity contribution in [2.24, 2.45) is 79.1 Å². The highest BCUT2D eigenvalue weighted by Gasteiger charge is 1.69. The molecule has 2 N–H and O–H groups in total. The second-order valence-electron chi connectivity index (χ2n) is 1.26. The normalized spacial score (nSPS) is 14.3. The summed E-state index contributed by atoms with van der Waals surface area (Å²) in [6, 6.07) is 0. The van der Waals surface area contributed by atoms with Crippen LogP contribution in [0.4, 0.5) is 4.48 Å². The monoisotopic (exact) mass is 231 g/mol. The van der Waals surface area contributed by atoms with Crippen molar-refractivity contribution in [2.75, 3.05) is 0 Å². The van der Waals surface area contributed by atoms with E-state index >= 15 is 0 Å². The van der Waals surface area contributed by atoms with E-state index in [9.17, 15) is 4.48 Å². The summed E-state index contributed by atoms with van der Waals surface area (Å²) in [5.41, 5.74) is 0. The van der Waals surface area contributed by atoms with Crippen molar-refractivity contribution in [1.29, 1.82) is 0 Å². The van der Waals surface area contributed by atoms with E-state index in [1.54, 1.807) is 5.34 Å². The molecule has 0 rings (SSSR count). The number of rotatable bonds is 6. The van der Waals surface area contributed by atoms with Gasteiger partial charge in [-0.25, -0.2) is 0 Å². The van der Waals surface area contributed by atoms with Crippen LogP contribution in [0.25, 0.3) is 0 Å². The first-order chi connectivity index (χ1) is 7.91. The summed E-state index contributed by atoms with van der Waals surface area (Å²) in [6.45, 7) is 0. The second-order valence-corrected chi connectivity index (χ2v) is 1.26. The van der Waals surface area contributed by atoms with Gasteiger partial charge >= 0.3 is 0 Å². The van der Waals surface area contributed by atoms with Gasteiger partial charge < -0.3 is 5.84 Å². The smallest absolute Gasteiger partial charge is 0.0435 e. The van der Waals surface area contributed by atoms with Crippen LogP contribution in [0.1, 0.15) is 0 Å². The summed E-state index contributed by atoms with van der Waals surface area (Å²) in [5, 5.41) is 38.5. The Bertz CT molecular complexity index is 302. The van der Waals surface area contributed by atoms with Crippen molar-refractivity contribution < 1.29 is 4.48 Å². The number of hydrogen-bond acceptors (Lipinski definition) is 2. The van der Waals surface area contributed by atoms with E-state index in [2.05, 4.69) is 73.7 Å². The van der Waals surface area contributed by atoms with Crippen LogP contribution in [0, 0.1) is 0 Å². The predicted octanol–water partition coefficient (Wildman–Crippen LogP) is 2.40. The molecule has 84 valence electrons. The quantitative estimate of drug-likeness (QED) is 0.408. The topological polar surface area (TPSA) is 199 Å². The van der Waals surface area contributed by atoms with Crippen LogP contribution in [-0.4, -0.2) is 0 Å². The van der Waals surface area contributed by atoms with E-state index in [1.165, 1.54) is 0 Å². The first kappa shape index (κ1) is 12.9. The Labute approximate surface area is 84.7 Å². The minimum absolute atomic E-state index is 1.75. The molecule has 0 spiro atoms. The molecule has 0 saturated carbocycles. The van der Waals surface area contributed by atoms with Gasteiger partial charge in [0.25, 0.3) is 0 Å². The highest BCUT2D eigenvalue weighted by atomic mass is 19.2. The molecule has 0 atom stereocenters. The molecule has 16 heteroatoms. The molecule has 0 amide bonds. The van der Waals surface area contributed by atoms with Gasteiger partial charge in [0.2, 0.25) is 0 Å². The lowest BCUT2D eigenvalue weighted by atomic mass is 12.3. The Morgan fingerprint density at radius 1 is 0.500 bits per heavy atom. The lowest BCUT2D eigenvalue weighted by Crippen LogP contribution is -1.70. The number of nitrogens with two attached hydrogens (primary N) is 1. The third-order valence-electron chi connectivity index (χ3n) is 0.525. The Kier molecular flexibility index (Phi) is 9.64. The van der Waals surface area contributed by atoms with Crippen LogP contribution < -0.4 is 5.84 Å². The lowest BCUT2D eigenvalue weighted by Gasteiger charge is -1.68. The molecule has 0 heterocycles. The molecule has 0 saturated heterocycles. The zero-order chi connectivity index (χ0) is 11.9. The zero-order valence-electron chi connectivity index (χ0n) is 7.22. The van der Waals surface area contributed by atoms with Crippen LogP contribution in [-0.2, 0) is 0 Å². The van der Waals surface area contributed by atoms with Crippen molar-refractivity contribution in [3.05, 3.63) is 0 Å².